The van der Waals surface area contributed by atoms with Crippen molar-refractivity contribution in [1.82, 2.24) is 0 Å². The summed E-state index contributed by atoms with van der Waals surface area (Å²) in [6.07, 6.45) is -5.45. The van der Waals surface area contributed by atoms with Gasteiger partial charge >= 0.3 is 0 Å². The molecule has 96 valence electrons. The zero-order chi connectivity index (χ0) is 13.0. The van der Waals surface area contributed by atoms with Crippen molar-refractivity contribution in [3.05, 3.63) is 11.8 Å². The van der Waals surface area contributed by atoms with Crippen molar-refractivity contribution in [2.24, 2.45) is 0 Å². The summed E-state index contributed by atoms with van der Waals surface area (Å²) in [5.41, 5.74) is 0. The Morgan fingerprint density at radius 2 is 2.00 bits per heavy atom. The van der Waals surface area contributed by atoms with Gasteiger partial charge < -0.3 is 29.9 Å². The van der Waals surface area contributed by atoms with Crippen LogP contribution in [0.25, 0.3) is 0 Å². The van der Waals surface area contributed by atoms with E-state index in [9.17, 15) is 15.3 Å². The molecule has 7 nitrogen and oxygen atoms in total. The molecule has 1 fully saturated rings. The summed E-state index contributed by atoms with van der Waals surface area (Å²) in [5, 5.41) is 46.1. The van der Waals surface area contributed by atoms with E-state index in [1.807, 2.05) is 0 Å². The monoisotopic (exact) mass is 245 g/mol. The molecule has 1 heterocycles. The van der Waals surface area contributed by atoms with Crippen LogP contribution in [0.5, 0.6) is 0 Å². The molecular formula is C10H15NO6. The summed E-state index contributed by atoms with van der Waals surface area (Å²) in [5.74, 6) is -0.0886. The van der Waals surface area contributed by atoms with Gasteiger partial charge in [0.25, 0.3) is 0 Å². The molecule has 0 aliphatic carbocycles. The van der Waals surface area contributed by atoms with Crippen LogP contribution in [-0.4, -0.2) is 57.7 Å². The van der Waals surface area contributed by atoms with E-state index in [4.69, 9.17) is 19.8 Å². The van der Waals surface area contributed by atoms with E-state index < -0.39 is 37.3 Å². The lowest BCUT2D eigenvalue weighted by atomic mass is 9.99. The molecular weight excluding hydrogens is 230 g/mol. The number of nitrogens with zero attached hydrogens (tertiary/aromatic N) is 1. The van der Waals surface area contributed by atoms with Crippen LogP contribution >= 0.6 is 0 Å². The maximum absolute atomic E-state index is 9.58. The average Bonchev–Trinajstić information content (AvgIpc) is 2.35. The minimum atomic E-state index is -1.51. The van der Waals surface area contributed by atoms with Gasteiger partial charge in [0.15, 0.2) is 5.76 Å². The SMILES string of the molecule is CC=C(C#N)O[C@@H]1O[C@H](CO)[C@@H](O)[C@H](O)[C@H]1O. The number of ether oxygens (including phenoxy) is 2. The van der Waals surface area contributed by atoms with Gasteiger partial charge in [0.05, 0.1) is 6.61 Å². The van der Waals surface area contributed by atoms with Gasteiger partial charge in [0.2, 0.25) is 6.29 Å². The fourth-order valence-electron chi connectivity index (χ4n) is 1.45. The summed E-state index contributed by atoms with van der Waals surface area (Å²) >= 11 is 0. The highest BCUT2D eigenvalue weighted by molar-refractivity contribution is 5.12. The van der Waals surface area contributed by atoms with Crippen molar-refractivity contribution in [3.8, 4) is 6.07 Å². The smallest absolute Gasteiger partial charge is 0.230 e. The van der Waals surface area contributed by atoms with E-state index in [0.29, 0.717) is 0 Å². The van der Waals surface area contributed by atoms with Gasteiger partial charge in [-0.05, 0) is 13.0 Å². The second-order valence-electron chi connectivity index (χ2n) is 3.58. The lowest BCUT2D eigenvalue weighted by Crippen LogP contribution is -2.59. The van der Waals surface area contributed by atoms with Crippen molar-refractivity contribution >= 4 is 0 Å². The van der Waals surface area contributed by atoms with Crippen molar-refractivity contribution in [2.45, 2.75) is 37.6 Å². The molecule has 0 bridgehead atoms. The minimum Gasteiger partial charge on any atom is -0.452 e. The number of aliphatic hydroxyl groups is 4. The Morgan fingerprint density at radius 1 is 1.35 bits per heavy atom. The largest absolute Gasteiger partial charge is 0.452 e. The Hall–Kier alpha value is -1.17. The molecule has 1 saturated heterocycles. The summed E-state index contributed by atoms with van der Waals surface area (Å²) in [4.78, 5) is 0. The Labute approximate surface area is 98.1 Å². The first-order valence-corrected chi connectivity index (χ1v) is 5.08. The van der Waals surface area contributed by atoms with E-state index in [1.54, 1.807) is 13.0 Å². The van der Waals surface area contributed by atoms with E-state index in [2.05, 4.69) is 0 Å². The lowest BCUT2D eigenvalue weighted by Gasteiger charge is -2.39. The number of hydrogen-bond donors (Lipinski definition) is 4. The standard InChI is InChI=1S/C10H15NO6/c1-2-5(3-11)16-10-9(15)8(14)7(13)6(4-12)17-10/h2,6-10,12-15H,4H2,1H3/t6-,7-,8+,9-,10-/m1/s1. The van der Waals surface area contributed by atoms with Gasteiger partial charge in [-0.2, -0.15) is 5.26 Å². The van der Waals surface area contributed by atoms with Crippen molar-refractivity contribution in [1.29, 1.82) is 5.26 Å². The second-order valence-corrected chi connectivity index (χ2v) is 3.58. The minimum absolute atomic E-state index is 0.0886. The van der Waals surface area contributed by atoms with Gasteiger partial charge in [-0.1, -0.05) is 0 Å². The summed E-state index contributed by atoms with van der Waals surface area (Å²) in [7, 11) is 0. The highest BCUT2D eigenvalue weighted by Crippen LogP contribution is 2.23. The Kier molecular flexibility index (Phi) is 4.86. The number of allylic oxidation sites excluding steroid dienone is 2. The van der Waals surface area contributed by atoms with Crippen molar-refractivity contribution in [3.63, 3.8) is 0 Å². The first-order valence-electron chi connectivity index (χ1n) is 5.08. The number of hydrogen-bond acceptors (Lipinski definition) is 7. The van der Waals surface area contributed by atoms with Crippen LogP contribution < -0.4 is 0 Å². The van der Waals surface area contributed by atoms with Crippen LogP contribution in [0.4, 0.5) is 0 Å². The Balaban J connectivity index is 2.76. The molecule has 0 spiro atoms. The molecule has 0 aromatic heterocycles. The van der Waals surface area contributed by atoms with Gasteiger partial charge in [-0.25, -0.2) is 0 Å². The van der Waals surface area contributed by atoms with E-state index in [1.165, 1.54) is 6.08 Å². The van der Waals surface area contributed by atoms with Gasteiger partial charge in [-0.15, -0.1) is 0 Å². The Bertz CT molecular complexity index is 323. The third-order valence-corrected chi connectivity index (χ3v) is 2.46. The van der Waals surface area contributed by atoms with Crippen molar-refractivity contribution in [2.75, 3.05) is 6.61 Å². The maximum Gasteiger partial charge on any atom is 0.230 e. The zero-order valence-electron chi connectivity index (χ0n) is 9.22. The second kappa shape index (κ2) is 5.95. The van der Waals surface area contributed by atoms with Crippen molar-refractivity contribution < 1.29 is 29.9 Å². The molecule has 0 amide bonds. The average molecular weight is 245 g/mol. The fourth-order valence-corrected chi connectivity index (χ4v) is 1.45. The van der Waals surface area contributed by atoms with Gasteiger partial charge in [0, 0.05) is 0 Å². The van der Waals surface area contributed by atoms with Crippen LogP contribution in [0.1, 0.15) is 6.92 Å². The van der Waals surface area contributed by atoms with E-state index in [-0.39, 0.29) is 5.76 Å². The van der Waals surface area contributed by atoms with Crippen LogP contribution in [0.2, 0.25) is 0 Å². The highest BCUT2D eigenvalue weighted by Gasteiger charge is 2.44. The van der Waals surface area contributed by atoms with Gasteiger partial charge in [0.1, 0.15) is 30.5 Å². The van der Waals surface area contributed by atoms with E-state index in [0.717, 1.165) is 0 Å². The topological polar surface area (TPSA) is 123 Å². The summed E-state index contributed by atoms with van der Waals surface area (Å²) < 4.78 is 10.0. The zero-order valence-corrected chi connectivity index (χ0v) is 9.22. The lowest BCUT2D eigenvalue weighted by molar-refractivity contribution is -0.290. The van der Waals surface area contributed by atoms with Crippen LogP contribution in [0, 0.1) is 11.3 Å². The maximum atomic E-state index is 9.58. The summed E-state index contributed by atoms with van der Waals surface area (Å²) in [6, 6.07) is 1.72. The molecule has 1 aliphatic heterocycles. The van der Waals surface area contributed by atoms with Gasteiger partial charge in [-0.3, -0.25) is 0 Å². The quantitative estimate of drug-likeness (QED) is 0.342. The number of nitriles is 1. The molecule has 0 saturated carbocycles. The van der Waals surface area contributed by atoms with E-state index >= 15 is 0 Å². The molecule has 0 radical (unpaired) electrons. The highest BCUT2D eigenvalue weighted by atomic mass is 16.7. The molecule has 0 aromatic carbocycles. The van der Waals surface area contributed by atoms with Crippen LogP contribution in [-0.2, 0) is 9.47 Å². The molecule has 0 unspecified atom stereocenters. The fraction of sp³-hybridized carbons (Fsp3) is 0.700. The predicted octanol–water partition coefficient (Wildman–Crippen LogP) is -1.77. The Morgan fingerprint density at radius 3 is 2.47 bits per heavy atom. The molecule has 1 rings (SSSR count). The molecule has 0 aromatic rings. The summed E-state index contributed by atoms with van der Waals surface area (Å²) in [6.45, 7) is 1.02. The van der Waals surface area contributed by atoms with Crippen LogP contribution in [0.3, 0.4) is 0 Å². The number of aliphatic hydroxyl groups excluding tert-OH is 4. The van der Waals surface area contributed by atoms with Crippen LogP contribution in [0.15, 0.2) is 11.8 Å². The first-order chi connectivity index (χ1) is 8.04. The molecule has 4 N–H and O–H groups in total. The molecule has 5 atom stereocenters. The third-order valence-electron chi connectivity index (χ3n) is 2.46. The normalized spacial score (nSPS) is 38.6. The first kappa shape index (κ1) is 13.9. The molecule has 17 heavy (non-hydrogen) atoms. The third kappa shape index (κ3) is 2.94. The molecule has 1 aliphatic rings. The predicted molar refractivity (Wildman–Crippen MR) is 54.2 cm³/mol. The number of rotatable bonds is 3. The molecule has 7 heteroatoms.